The summed E-state index contributed by atoms with van der Waals surface area (Å²) in [5.41, 5.74) is 2.80. The van der Waals surface area contributed by atoms with Crippen LogP contribution in [0.1, 0.15) is 37.7 Å². The molecular weight excluding hydrogens is 310 g/mol. The average molecular weight is 331 g/mol. The average Bonchev–Trinajstić information content (AvgIpc) is 2.85. The van der Waals surface area contributed by atoms with Crippen molar-refractivity contribution in [2.75, 3.05) is 20.3 Å². The van der Waals surface area contributed by atoms with Crippen molar-refractivity contribution in [2.24, 2.45) is 0 Å². The number of esters is 2. The first-order chi connectivity index (χ1) is 11.4. The summed E-state index contributed by atoms with van der Waals surface area (Å²) in [4.78, 5) is 26.7. The number of aryl methyl sites for hydroxylation is 2. The summed E-state index contributed by atoms with van der Waals surface area (Å²) < 4.78 is 15.4. The van der Waals surface area contributed by atoms with Gasteiger partial charge in [-0.25, -0.2) is 9.59 Å². The Bertz CT molecular complexity index is 748. The van der Waals surface area contributed by atoms with Gasteiger partial charge in [-0.3, -0.25) is 0 Å². The van der Waals surface area contributed by atoms with Crippen molar-refractivity contribution in [3.63, 3.8) is 0 Å². The predicted octanol–water partition coefficient (Wildman–Crippen LogP) is 2.96. The summed E-state index contributed by atoms with van der Waals surface area (Å²) in [6.07, 6.45) is 0. The minimum Gasteiger partial charge on any atom is -0.490 e. The Balaban J connectivity index is 1.92. The number of carbonyl (C=O) groups excluding carboxylic acids is 2. The number of rotatable bonds is 6. The first kappa shape index (κ1) is 17.6. The van der Waals surface area contributed by atoms with Gasteiger partial charge in [-0.2, -0.15) is 0 Å². The van der Waals surface area contributed by atoms with Crippen molar-refractivity contribution in [1.29, 1.82) is 0 Å². The van der Waals surface area contributed by atoms with Gasteiger partial charge in [0.25, 0.3) is 0 Å². The van der Waals surface area contributed by atoms with E-state index >= 15 is 0 Å². The monoisotopic (exact) mass is 331 g/mol. The zero-order chi connectivity index (χ0) is 17.7. The van der Waals surface area contributed by atoms with Crippen molar-refractivity contribution in [3.8, 4) is 5.75 Å². The van der Waals surface area contributed by atoms with Crippen molar-refractivity contribution in [1.82, 2.24) is 4.98 Å². The van der Waals surface area contributed by atoms with Gasteiger partial charge in [-0.1, -0.05) is 12.1 Å². The number of H-pyrrole nitrogens is 1. The van der Waals surface area contributed by atoms with Gasteiger partial charge in [0.2, 0.25) is 0 Å². The lowest BCUT2D eigenvalue weighted by molar-refractivity contribution is 0.0443. The van der Waals surface area contributed by atoms with Gasteiger partial charge >= 0.3 is 11.9 Å². The minimum absolute atomic E-state index is 0.109. The van der Waals surface area contributed by atoms with E-state index in [0.717, 1.165) is 11.3 Å². The van der Waals surface area contributed by atoms with Gasteiger partial charge in [0.1, 0.15) is 24.7 Å². The lowest BCUT2D eigenvalue weighted by atomic mass is 10.1. The molecule has 0 aliphatic carbocycles. The summed E-state index contributed by atoms with van der Waals surface area (Å²) in [7, 11) is 1.30. The Kier molecular flexibility index (Phi) is 5.63. The smallest absolute Gasteiger partial charge is 0.355 e. The molecule has 0 spiro atoms. The highest BCUT2D eigenvalue weighted by molar-refractivity contribution is 5.98. The molecule has 1 aromatic heterocycles. The number of hydrogen-bond donors (Lipinski definition) is 1. The quantitative estimate of drug-likeness (QED) is 0.650. The fourth-order valence-electron chi connectivity index (χ4n) is 2.43. The van der Waals surface area contributed by atoms with Gasteiger partial charge in [-0.15, -0.1) is 0 Å². The van der Waals surface area contributed by atoms with Crippen LogP contribution in [0, 0.1) is 20.8 Å². The molecule has 0 fully saturated rings. The first-order valence-electron chi connectivity index (χ1n) is 7.58. The Morgan fingerprint density at radius 1 is 1.08 bits per heavy atom. The Hall–Kier alpha value is -2.76. The molecule has 0 amide bonds. The number of carbonyl (C=O) groups is 2. The van der Waals surface area contributed by atoms with Crippen molar-refractivity contribution < 1.29 is 23.8 Å². The molecule has 24 heavy (non-hydrogen) atoms. The summed E-state index contributed by atoms with van der Waals surface area (Å²) in [6, 6.07) is 7.62. The number of ether oxygens (including phenoxy) is 3. The normalized spacial score (nSPS) is 10.3. The molecule has 128 valence electrons. The van der Waals surface area contributed by atoms with Crippen LogP contribution >= 0.6 is 0 Å². The summed E-state index contributed by atoms with van der Waals surface area (Å²) >= 11 is 0. The molecular formula is C18H21NO5. The van der Waals surface area contributed by atoms with E-state index in [9.17, 15) is 9.59 Å². The molecule has 1 heterocycles. The minimum atomic E-state index is -0.529. The van der Waals surface area contributed by atoms with E-state index in [-0.39, 0.29) is 18.9 Å². The third-order valence-electron chi connectivity index (χ3n) is 3.61. The number of nitrogens with one attached hydrogen (secondary N) is 1. The number of hydrogen-bond acceptors (Lipinski definition) is 5. The molecule has 0 saturated heterocycles. The van der Waals surface area contributed by atoms with Crippen LogP contribution in [0.15, 0.2) is 24.3 Å². The standard InChI is InChI=1S/C18H21NO5/c1-11-6-5-7-14(10-11)23-8-9-24-18(21)16-12(2)15(13(3)19-16)17(20)22-4/h5-7,10,19H,8-9H2,1-4H3. The highest BCUT2D eigenvalue weighted by Crippen LogP contribution is 2.19. The van der Waals surface area contributed by atoms with E-state index in [4.69, 9.17) is 14.2 Å². The zero-order valence-corrected chi connectivity index (χ0v) is 14.3. The molecule has 1 aromatic carbocycles. The van der Waals surface area contributed by atoms with Gasteiger partial charge in [0.05, 0.1) is 12.7 Å². The Labute approximate surface area is 140 Å². The summed E-state index contributed by atoms with van der Waals surface area (Å²) in [5, 5.41) is 0. The topological polar surface area (TPSA) is 77.6 Å². The molecule has 0 radical (unpaired) electrons. The van der Waals surface area contributed by atoms with Gasteiger partial charge in [0, 0.05) is 5.69 Å². The maximum atomic E-state index is 12.1. The first-order valence-corrected chi connectivity index (χ1v) is 7.58. The zero-order valence-electron chi connectivity index (χ0n) is 14.3. The third kappa shape index (κ3) is 3.95. The Morgan fingerprint density at radius 2 is 1.83 bits per heavy atom. The van der Waals surface area contributed by atoms with Gasteiger partial charge in [-0.05, 0) is 44.0 Å². The second-order valence-electron chi connectivity index (χ2n) is 5.42. The second kappa shape index (κ2) is 7.68. The molecule has 0 aliphatic rings. The summed E-state index contributed by atoms with van der Waals surface area (Å²) in [5.74, 6) is -0.285. The number of methoxy groups -OCH3 is 1. The van der Waals surface area contributed by atoms with Crippen molar-refractivity contribution in [2.45, 2.75) is 20.8 Å². The fraction of sp³-hybridized carbons (Fsp3) is 0.333. The predicted molar refractivity (Wildman–Crippen MR) is 88.6 cm³/mol. The lowest BCUT2D eigenvalue weighted by Crippen LogP contribution is -2.14. The van der Waals surface area contributed by atoms with Gasteiger partial charge < -0.3 is 19.2 Å². The fourth-order valence-corrected chi connectivity index (χ4v) is 2.43. The molecule has 0 saturated carbocycles. The molecule has 0 atom stereocenters. The highest BCUT2D eigenvalue weighted by atomic mass is 16.6. The van der Waals surface area contributed by atoms with Crippen LogP contribution in [0.3, 0.4) is 0 Å². The summed E-state index contributed by atoms with van der Waals surface area (Å²) in [6.45, 7) is 5.71. The van der Waals surface area contributed by atoms with Crippen LogP contribution < -0.4 is 4.74 Å². The third-order valence-corrected chi connectivity index (χ3v) is 3.61. The van der Waals surface area contributed by atoms with Crippen LogP contribution in [0.2, 0.25) is 0 Å². The van der Waals surface area contributed by atoms with Crippen molar-refractivity contribution in [3.05, 3.63) is 52.3 Å². The van der Waals surface area contributed by atoms with E-state index in [0.29, 0.717) is 16.8 Å². The maximum Gasteiger partial charge on any atom is 0.355 e. The Morgan fingerprint density at radius 3 is 2.50 bits per heavy atom. The number of aromatic amines is 1. The van der Waals surface area contributed by atoms with Crippen LogP contribution in [0.5, 0.6) is 5.75 Å². The molecule has 0 unspecified atom stereocenters. The second-order valence-corrected chi connectivity index (χ2v) is 5.42. The SMILES string of the molecule is COC(=O)c1c(C)[nH]c(C(=O)OCCOc2cccc(C)c2)c1C. The largest absolute Gasteiger partial charge is 0.490 e. The van der Waals surface area contributed by atoms with E-state index in [1.54, 1.807) is 13.8 Å². The van der Waals surface area contributed by atoms with E-state index in [1.807, 2.05) is 31.2 Å². The molecule has 6 heteroatoms. The van der Waals surface area contributed by atoms with Crippen LogP contribution in [-0.4, -0.2) is 37.2 Å². The molecule has 2 rings (SSSR count). The van der Waals surface area contributed by atoms with E-state index < -0.39 is 11.9 Å². The molecule has 0 bridgehead atoms. The van der Waals surface area contributed by atoms with Gasteiger partial charge in [0.15, 0.2) is 0 Å². The number of aromatic nitrogens is 1. The molecule has 2 aromatic rings. The van der Waals surface area contributed by atoms with Crippen LogP contribution in [0.25, 0.3) is 0 Å². The van der Waals surface area contributed by atoms with Crippen LogP contribution in [-0.2, 0) is 9.47 Å². The van der Waals surface area contributed by atoms with E-state index in [1.165, 1.54) is 7.11 Å². The lowest BCUT2D eigenvalue weighted by Gasteiger charge is -2.08. The van der Waals surface area contributed by atoms with Crippen molar-refractivity contribution >= 4 is 11.9 Å². The maximum absolute atomic E-state index is 12.1. The highest BCUT2D eigenvalue weighted by Gasteiger charge is 2.23. The molecule has 1 N–H and O–H groups in total. The van der Waals surface area contributed by atoms with Crippen LogP contribution in [0.4, 0.5) is 0 Å². The number of benzene rings is 1. The molecule has 6 nitrogen and oxygen atoms in total. The van der Waals surface area contributed by atoms with E-state index in [2.05, 4.69) is 4.98 Å². The molecule has 0 aliphatic heterocycles.